The van der Waals surface area contributed by atoms with E-state index in [9.17, 15) is 4.79 Å². The highest BCUT2D eigenvalue weighted by Crippen LogP contribution is 2.30. The first kappa shape index (κ1) is 23.8. The number of anilines is 2. The second-order valence-corrected chi connectivity index (χ2v) is 10.0. The first-order valence-electron chi connectivity index (χ1n) is 10.8. The zero-order valence-corrected chi connectivity index (χ0v) is 20.5. The van der Waals surface area contributed by atoms with E-state index in [4.69, 9.17) is 9.84 Å². The lowest BCUT2D eigenvalue weighted by molar-refractivity contribution is 0.0486. The van der Waals surface area contributed by atoms with Crippen molar-refractivity contribution in [3.8, 4) is 10.6 Å². The van der Waals surface area contributed by atoms with Crippen molar-refractivity contribution in [3.05, 3.63) is 58.0 Å². The van der Waals surface area contributed by atoms with Crippen LogP contribution in [0.4, 0.5) is 11.6 Å². The van der Waals surface area contributed by atoms with E-state index in [0.717, 1.165) is 39.7 Å². The van der Waals surface area contributed by atoms with Crippen LogP contribution in [-0.4, -0.2) is 83.3 Å². The third-order valence-corrected chi connectivity index (χ3v) is 6.96. The molecule has 1 saturated heterocycles. The molecule has 0 unspecified atom stereocenters. The van der Waals surface area contributed by atoms with Crippen LogP contribution in [0.1, 0.15) is 10.4 Å². The molecule has 2 N–H and O–H groups in total. The molecule has 0 radical (unpaired) electrons. The molecule has 33 heavy (non-hydrogen) atoms. The van der Waals surface area contributed by atoms with E-state index >= 15 is 0 Å². The van der Waals surface area contributed by atoms with E-state index in [-0.39, 0.29) is 12.5 Å². The number of rotatable bonds is 9. The van der Waals surface area contributed by atoms with Gasteiger partial charge in [-0.3, -0.25) is 9.69 Å². The molecule has 0 spiro atoms. The minimum Gasteiger partial charge on any atom is -0.394 e. The fraction of sp³-hybridized carbons (Fsp3) is 0.348. The van der Waals surface area contributed by atoms with E-state index in [1.807, 2.05) is 47.4 Å². The zero-order valence-electron chi connectivity index (χ0n) is 18.1. The summed E-state index contributed by atoms with van der Waals surface area (Å²) in [5, 5.41) is 12.0. The van der Waals surface area contributed by atoms with Gasteiger partial charge >= 0.3 is 0 Å². The lowest BCUT2D eigenvalue weighted by Gasteiger charge is -2.34. The molecule has 2 aromatic heterocycles. The monoisotopic (exact) mass is 531 g/mol. The number of aliphatic hydroxyl groups is 1. The predicted molar refractivity (Wildman–Crippen MR) is 133 cm³/mol. The summed E-state index contributed by atoms with van der Waals surface area (Å²) in [6.45, 7) is 4.86. The van der Waals surface area contributed by atoms with Gasteiger partial charge in [0.2, 0.25) is 5.95 Å². The van der Waals surface area contributed by atoms with Crippen LogP contribution in [-0.2, 0) is 4.74 Å². The van der Waals surface area contributed by atoms with Crippen molar-refractivity contribution in [1.82, 2.24) is 19.8 Å². The molecule has 0 saturated carbocycles. The number of amides is 1. The van der Waals surface area contributed by atoms with E-state index < -0.39 is 0 Å². The zero-order chi connectivity index (χ0) is 23.0. The van der Waals surface area contributed by atoms with E-state index in [0.29, 0.717) is 37.8 Å². The number of carbonyl (C=O) groups excluding carboxylic acids is 1. The largest absolute Gasteiger partial charge is 0.394 e. The number of nitrogens with zero attached hydrogens (tertiary/aromatic N) is 4. The second-order valence-electron chi connectivity index (χ2n) is 7.54. The van der Waals surface area contributed by atoms with Crippen molar-refractivity contribution < 1.29 is 14.6 Å². The summed E-state index contributed by atoms with van der Waals surface area (Å²) in [4.78, 5) is 27.0. The standard InChI is InChI=1S/C23H26BrN5O3S/c24-21-6-5-20(33-21)19-7-8-25-23(27-19)26-18-3-1-17(2-4-18)22(31)29-11-9-28(10-12-29)13-15-32-16-14-30/h1-8,30H,9-16H2,(H,25,26,27). The van der Waals surface area contributed by atoms with Crippen molar-refractivity contribution in [1.29, 1.82) is 0 Å². The molecule has 0 atom stereocenters. The predicted octanol–water partition coefficient (Wildman–Crippen LogP) is 3.48. The van der Waals surface area contributed by atoms with Gasteiger partial charge in [0.25, 0.3) is 5.91 Å². The molecule has 0 aliphatic carbocycles. The number of hydrogen-bond donors (Lipinski definition) is 2. The Hall–Kier alpha value is -2.37. The summed E-state index contributed by atoms with van der Waals surface area (Å²) in [6, 6.07) is 13.3. The van der Waals surface area contributed by atoms with Crippen LogP contribution in [0.5, 0.6) is 0 Å². The van der Waals surface area contributed by atoms with Gasteiger partial charge in [0.1, 0.15) is 0 Å². The van der Waals surface area contributed by atoms with Crippen molar-refractivity contribution >= 4 is 44.8 Å². The fourth-order valence-electron chi connectivity index (χ4n) is 3.55. The van der Waals surface area contributed by atoms with E-state index in [2.05, 4.69) is 36.1 Å². The summed E-state index contributed by atoms with van der Waals surface area (Å²) in [6.07, 6.45) is 1.73. The minimum absolute atomic E-state index is 0.0410. The van der Waals surface area contributed by atoms with Gasteiger partial charge in [0, 0.05) is 50.2 Å². The van der Waals surface area contributed by atoms with Crippen LogP contribution in [0.15, 0.2) is 52.4 Å². The third-order valence-electron chi connectivity index (χ3n) is 5.32. The average molecular weight is 532 g/mol. The van der Waals surface area contributed by atoms with Crippen LogP contribution >= 0.6 is 27.3 Å². The Morgan fingerprint density at radius 1 is 1.09 bits per heavy atom. The second kappa shape index (κ2) is 11.7. The molecule has 3 heterocycles. The number of benzene rings is 1. The molecule has 1 aromatic carbocycles. The first-order valence-corrected chi connectivity index (χ1v) is 12.4. The SMILES string of the molecule is O=C(c1ccc(Nc2nccc(-c3ccc(Br)s3)n2)cc1)N1CCN(CCOCCO)CC1. The number of aliphatic hydroxyl groups excluding tert-OH is 1. The Bertz CT molecular complexity index is 1050. The van der Waals surface area contributed by atoms with Crippen LogP contribution < -0.4 is 5.32 Å². The number of thiophene rings is 1. The Morgan fingerprint density at radius 2 is 1.88 bits per heavy atom. The fourth-order valence-corrected chi connectivity index (χ4v) is 4.91. The number of aromatic nitrogens is 2. The highest BCUT2D eigenvalue weighted by Gasteiger charge is 2.22. The molecule has 4 rings (SSSR count). The van der Waals surface area contributed by atoms with Crippen molar-refractivity contribution in [3.63, 3.8) is 0 Å². The highest BCUT2D eigenvalue weighted by atomic mass is 79.9. The molecular formula is C23H26BrN5O3S. The molecule has 1 amide bonds. The summed E-state index contributed by atoms with van der Waals surface area (Å²) in [5.74, 6) is 0.550. The van der Waals surface area contributed by atoms with Crippen LogP contribution in [0.2, 0.25) is 0 Å². The number of halogens is 1. The third kappa shape index (κ3) is 6.58. The summed E-state index contributed by atoms with van der Waals surface area (Å²) in [7, 11) is 0. The lowest BCUT2D eigenvalue weighted by atomic mass is 10.1. The van der Waals surface area contributed by atoms with Crippen LogP contribution in [0, 0.1) is 0 Å². The summed E-state index contributed by atoms with van der Waals surface area (Å²) in [5.41, 5.74) is 2.34. The molecule has 8 nitrogen and oxygen atoms in total. The van der Waals surface area contributed by atoms with Crippen molar-refractivity contribution in [2.45, 2.75) is 0 Å². The summed E-state index contributed by atoms with van der Waals surface area (Å²) < 4.78 is 6.38. The number of nitrogens with one attached hydrogen (secondary N) is 1. The van der Waals surface area contributed by atoms with Gasteiger partial charge in [-0.05, 0) is 58.4 Å². The van der Waals surface area contributed by atoms with Gasteiger partial charge in [0.15, 0.2) is 0 Å². The first-order chi connectivity index (χ1) is 16.1. The Labute approximate surface area is 205 Å². The molecule has 1 fully saturated rings. The normalized spacial score (nSPS) is 14.4. The van der Waals surface area contributed by atoms with Crippen LogP contribution in [0.3, 0.4) is 0 Å². The van der Waals surface area contributed by atoms with Crippen LogP contribution in [0.25, 0.3) is 10.6 Å². The minimum atomic E-state index is 0.0410. The molecule has 0 bridgehead atoms. The summed E-state index contributed by atoms with van der Waals surface area (Å²) >= 11 is 5.10. The quantitative estimate of drug-likeness (QED) is 0.408. The van der Waals surface area contributed by atoms with Gasteiger partial charge in [0.05, 0.1) is 34.2 Å². The van der Waals surface area contributed by atoms with E-state index in [1.54, 1.807) is 17.5 Å². The van der Waals surface area contributed by atoms with Gasteiger partial charge in [-0.1, -0.05) is 0 Å². The lowest BCUT2D eigenvalue weighted by Crippen LogP contribution is -2.49. The number of ether oxygens (including phenoxy) is 1. The smallest absolute Gasteiger partial charge is 0.253 e. The molecular weight excluding hydrogens is 506 g/mol. The van der Waals surface area contributed by atoms with Crippen molar-refractivity contribution in [2.75, 3.05) is 57.9 Å². The van der Waals surface area contributed by atoms with E-state index in [1.165, 1.54) is 0 Å². The number of hydrogen-bond acceptors (Lipinski definition) is 8. The molecule has 3 aromatic rings. The maximum atomic E-state index is 12.9. The highest BCUT2D eigenvalue weighted by molar-refractivity contribution is 9.11. The van der Waals surface area contributed by atoms with Crippen molar-refractivity contribution in [2.24, 2.45) is 0 Å². The average Bonchev–Trinajstić information content (AvgIpc) is 3.29. The molecule has 10 heteroatoms. The Kier molecular flexibility index (Phi) is 8.40. The Balaban J connectivity index is 1.30. The number of carbonyl (C=O) groups is 1. The maximum absolute atomic E-state index is 12.9. The topological polar surface area (TPSA) is 90.8 Å². The molecule has 1 aliphatic heterocycles. The Morgan fingerprint density at radius 3 is 2.58 bits per heavy atom. The van der Waals surface area contributed by atoms with Gasteiger partial charge < -0.3 is 20.1 Å². The van der Waals surface area contributed by atoms with Gasteiger partial charge in [-0.25, -0.2) is 9.97 Å². The molecule has 174 valence electrons. The van der Waals surface area contributed by atoms with Gasteiger partial charge in [-0.2, -0.15) is 0 Å². The maximum Gasteiger partial charge on any atom is 0.253 e. The number of piperazine rings is 1. The van der Waals surface area contributed by atoms with Gasteiger partial charge in [-0.15, -0.1) is 11.3 Å². The molecule has 1 aliphatic rings.